The Balaban J connectivity index is 1.22. The second kappa shape index (κ2) is 14.9. The van der Waals surface area contributed by atoms with Crippen LogP contribution in [0, 0.1) is 0 Å². The Labute approximate surface area is 368 Å². The molecule has 0 amide bonds. The van der Waals surface area contributed by atoms with E-state index in [-0.39, 0.29) is 0 Å². The molecule has 2 nitrogen and oxygen atoms in total. The molecular weight excluding hydrogens is 741 g/mol. The number of nitrogens with zero attached hydrogens (tertiary/aromatic N) is 2. The van der Waals surface area contributed by atoms with E-state index < -0.39 is 0 Å². The summed E-state index contributed by atoms with van der Waals surface area (Å²) in [6.45, 7) is 0. The molecule has 0 spiro atoms. The summed E-state index contributed by atoms with van der Waals surface area (Å²) >= 11 is 0. The third-order valence-corrected chi connectivity index (χ3v) is 13.7. The Morgan fingerprint density at radius 3 is 1.27 bits per heavy atom. The van der Waals surface area contributed by atoms with E-state index in [9.17, 15) is 0 Å². The first-order valence-electron chi connectivity index (χ1n) is 21.8. The third-order valence-electron chi connectivity index (χ3n) is 13.7. The number of aromatic nitrogens is 2. The lowest BCUT2D eigenvalue weighted by atomic mass is 9.63. The summed E-state index contributed by atoms with van der Waals surface area (Å²) in [4.78, 5) is 0. The molecule has 2 aromatic heterocycles. The summed E-state index contributed by atoms with van der Waals surface area (Å²) in [6.07, 6.45) is 0. The smallest absolute Gasteiger partial charge is 0.141 e. The normalized spacial score (nSPS) is 11.6. The first-order chi connectivity index (χ1) is 30.3. The zero-order valence-corrected chi connectivity index (χ0v) is 36.2. The Bertz CT molecular complexity index is 3580. The molecule has 0 saturated heterocycles. The van der Waals surface area contributed by atoms with Crippen LogP contribution in [0.2, 0.25) is 0 Å². The van der Waals surface area contributed by atoms with Crippen molar-refractivity contribution in [3.8, 4) is 55.9 Å². The first kappa shape index (κ1) is 37.9. The van der Waals surface area contributed by atoms with Crippen LogP contribution in [0.4, 0.5) is 0 Å². The number of rotatable bonds is 6. The molecule has 0 aliphatic rings. The molecule has 2 heterocycles. The van der Waals surface area contributed by atoms with Crippen LogP contribution in [-0.2, 0) is 0 Å². The van der Waals surface area contributed by atoms with Gasteiger partial charge >= 0.3 is 0 Å². The zero-order chi connectivity index (χ0) is 42.2. The van der Waals surface area contributed by atoms with E-state index >= 15 is 0 Å². The second-order valence-electron chi connectivity index (χ2n) is 17.0. The van der Waals surface area contributed by atoms with Gasteiger partial charge < -0.3 is 9.13 Å². The molecule has 9 aromatic carbocycles. The van der Waals surface area contributed by atoms with Crippen LogP contribution >= 0.6 is 0 Å². The molecule has 0 atom stereocenters. The third kappa shape index (κ3) is 5.73. The van der Waals surface area contributed by atoms with Crippen molar-refractivity contribution < 1.29 is 0 Å². The summed E-state index contributed by atoms with van der Waals surface area (Å²) in [7, 11) is 14.1. The van der Waals surface area contributed by atoms with Crippen molar-refractivity contribution in [2.75, 3.05) is 0 Å². The van der Waals surface area contributed by atoms with Crippen LogP contribution in [0.5, 0.6) is 0 Å². The standard InChI is InChI=1S/C54H42B6N2/c55-46-42-39-25-10-11-28-41(39)61(36-23-12-21-34(29-36)31-15-4-1-5-16-31)53(42)50(59)48(57)44(46)45-47(56)43-40-27-14-26-38(33-19-8-3-9-20-33)52(40)62(54(43)51(60)49(45)58)37-24-13-22-35(30-37)32-17-6-2-7-18-32/h1-30H,55-60H2. The molecule has 0 saturated carbocycles. The lowest BCUT2D eigenvalue weighted by Gasteiger charge is -2.24. The fourth-order valence-electron chi connectivity index (χ4n) is 10.6. The topological polar surface area (TPSA) is 9.86 Å². The summed E-state index contributed by atoms with van der Waals surface area (Å²) in [6, 6.07) is 66.3. The highest BCUT2D eigenvalue weighted by molar-refractivity contribution is 6.65. The van der Waals surface area contributed by atoms with Gasteiger partial charge in [0.1, 0.15) is 47.1 Å². The van der Waals surface area contributed by atoms with Crippen LogP contribution in [0.15, 0.2) is 182 Å². The molecule has 0 aliphatic carbocycles. The van der Waals surface area contributed by atoms with E-state index in [1.165, 1.54) is 127 Å². The van der Waals surface area contributed by atoms with Crippen LogP contribution in [0.25, 0.3) is 99.5 Å². The van der Waals surface area contributed by atoms with Gasteiger partial charge in [-0.05, 0) is 69.3 Å². The predicted octanol–water partition coefficient (Wildman–Crippen LogP) is 4.10. The molecule has 0 unspecified atom stereocenters. The van der Waals surface area contributed by atoms with Crippen molar-refractivity contribution in [2.45, 2.75) is 0 Å². The van der Waals surface area contributed by atoms with Gasteiger partial charge in [-0.3, -0.25) is 0 Å². The fraction of sp³-hybridized carbons (Fsp3) is 0. The Morgan fingerprint density at radius 2 is 0.710 bits per heavy atom. The van der Waals surface area contributed by atoms with Gasteiger partial charge in [0, 0.05) is 49.5 Å². The minimum atomic E-state index is 1.16. The van der Waals surface area contributed by atoms with Crippen LogP contribution < -0.4 is 32.8 Å². The number of hydrogen-bond donors (Lipinski definition) is 0. The molecule has 0 aliphatic heterocycles. The Kier molecular flexibility index (Phi) is 9.09. The molecule has 0 N–H and O–H groups in total. The van der Waals surface area contributed by atoms with Crippen LogP contribution in [0.3, 0.4) is 0 Å². The fourth-order valence-corrected chi connectivity index (χ4v) is 10.6. The molecular formula is C54H42B6N2. The SMILES string of the molecule is Bc1c(-c2c(B)c(B)c3c(c2B)c2cccc(-c4ccccc4)c2n3-c2cccc(-c3ccccc3)c2)c(B)c2c3ccccc3n(-c3cccc(-c4ccccc4)c3)c2c1B. The number of fused-ring (bicyclic) bond motifs is 6. The summed E-state index contributed by atoms with van der Waals surface area (Å²) in [5.74, 6) is 0. The summed E-state index contributed by atoms with van der Waals surface area (Å²) in [5.41, 5.74) is 25.3. The van der Waals surface area contributed by atoms with Crippen molar-refractivity contribution >= 4 is 123 Å². The predicted molar refractivity (Wildman–Crippen MR) is 286 cm³/mol. The summed E-state index contributed by atoms with van der Waals surface area (Å²) < 4.78 is 5.07. The van der Waals surface area contributed by atoms with Crippen molar-refractivity contribution in [3.63, 3.8) is 0 Å². The van der Waals surface area contributed by atoms with Gasteiger partial charge in [-0.15, -0.1) is 0 Å². The lowest BCUT2D eigenvalue weighted by molar-refractivity contribution is 1.19. The monoisotopic (exact) mass is 784 g/mol. The van der Waals surface area contributed by atoms with E-state index in [1.54, 1.807) is 0 Å². The van der Waals surface area contributed by atoms with Gasteiger partial charge in [-0.1, -0.05) is 184 Å². The average Bonchev–Trinajstić information content (AvgIpc) is 3.87. The average molecular weight is 784 g/mol. The van der Waals surface area contributed by atoms with Gasteiger partial charge in [-0.25, -0.2) is 0 Å². The van der Waals surface area contributed by atoms with Crippen molar-refractivity contribution in [1.29, 1.82) is 0 Å². The van der Waals surface area contributed by atoms with E-state index in [0.29, 0.717) is 0 Å². The molecule has 0 radical (unpaired) electrons. The van der Waals surface area contributed by atoms with Gasteiger partial charge in [0.05, 0.1) is 11.0 Å². The quantitative estimate of drug-likeness (QED) is 0.225. The molecule has 8 heteroatoms. The number of benzene rings is 9. The largest absolute Gasteiger partial charge is 0.310 e. The Morgan fingerprint density at radius 1 is 0.290 bits per heavy atom. The maximum Gasteiger partial charge on any atom is 0.141 e. The van der Waals surface area contributed by atoms with Crippen molar-refractivity contribution in [1.82, 2.24) is 9.13 Å². The van der Waals surface area contributed by atoms with Gasteiger partial charge in [0.2, 0.25) is 0 Å². The van der Waals surface area contributed by atoms with Gasteiger partial charge in [0.25, 0.3) is 0 Å². The second-order valence-corrected chi connectivity index (χ2v) is 17.0. The maximum absolute atomic E-state index is 2.56. The minimum Gasteiger partial charge on any atom is -0.310 e. The molecule has 11 rings (SSSR count). The van der Waals surface area contributed by atoms with Gasteiger partial charge in [0.15, 0.2) is 0 Å². The molecule has 11 aromatic rings. The highest BCUT2D eigenvalue weighted by atomic mass is 15.0. The van der Waals surface area contributed by atoms with E-state index in [4.69, 9.17) is 0 Å². The molecule has 0 fully saturated rings. The van der Waals surface area contributed by atoms with E-state index in [2.05, 4.69) is 238 Å². The highest BCUT2D eigenvalue weighted by Crippen LogP contribution is 2.39. The number of para-hydroxylation sites is 2. The van der Waals surface area contributed by atoms with Crippen molar-refractivity contribution in [3.05, 3.63) is 182 Å². The molecule has 62 heavy (non-hydrogen) atoms. The summed E-state index contributed by atoms with van der Waals surface area (Å²) in [5, 5.41) is 5.20. The van der Waals surface area contributed by atoms with E-state index in [0.717, 1.165) is 5.69 Å². The lowest BCUT2D eigenvalue weighted by Crippen LogP contribution is -2.41. The molecule has 0 bridgehead atoms. The van der Waals surface area contributed by atoms with Crippen molar-refractivity contribution in [2.24, 2.45) is 0 Å². The minimum absolute atomic E-state index is 1.16. The Hall–Kier alpha value is -7.03. The van der Waals surface area contributed by atoms with Gasteiger partial charge in [-0.2, -0.15) is 0 Å². The number of hydrogen-bond acceptors (Lipinski definition) is 0. The zero-order valence-electron chi connectivity index (χ0n) is 36.2. The van der Waals surface area contributed by atoms with Crippen LogP contribution in [0.1, 0.15) is 0 Å². The highest BCUT2D eigenvalue weighted by Gasteiger charge is 2.27. The van der Waals surface area contributed by atoms with E-state index in [1.807, 2.05) is 0 Å². The maximum atomic E-state index is 2.56. The first-order valence-corrected chi connectivity index (χ1v) is 21.8. The van der Waals surface area contributed by atoms with Crippen LogP contribution in [-0.4, -0.2) is 56.2 Å². The molecule has 286 valence electrons.